The van der Waals surface area contributed by atoms with Crippen LogP contribution in [0.5, 0.6) is 0 Å². The summed E-state index contributed by atoms with van der Waals surface area (Å²) in [6.07, 6.45) is 0. The summed E-state index contributed by atoms with van der Waals surface area (Å²) in [6, 6.07) is 29.2. The van der Waals surface area contributed by atoms with Gasteiger partial charge >= 0.3 is 0 Å². The van der Waals surface area contributed by atoms with Crippen molar-refractivity contribution in [3.8, 4) is 11.1 Å². The summed E-state index contributed by atoms with van der Waals surface area (Å²) in [5, 5.41) is 0. The van der Waals surface area contributed by atoms with Crippen LogP contribution in [0.3, 0.4) is 0 Å². The second-order valence-electron chi connectivity index (χ2n) is 5.04. The van der Waals surface area contributed by atoms with Crippen LogP contribution in [0.25, 0.3) is 11.1 Å². The molecule has 0 spiro atoms. The quantitative estimate of drug-likeness (QED) is 0.631. The molecule has 0 bridgehead atoms. The van der Waals surface area contributed by atoms with E-state index in [4.69, 9.17) is 4.74 Å². The largest absolute Gasteiger partial charge is 0.372 e. The van der Waals surface area contributed by atoms with Gasteiger partial charge in [-0.15, -0.1) is 0 Å². The summed E-state index contributed by atoms with van der Waals surface area (Å²) in [6.45, 7) is 1.28. The van der Waals surface area contributed by atoms with Crippen molar-refractivity contribution in [2.75, 3.05) is 0 Å². The molecule has 0 saturated carbocycles. The zero-order chi connectivity index (χ0) is 14.3. The lowest BCUT2D eigenvalue weighted by molar-refractivity contribution is 0.107. The van der Waals surface area contributed by atoms with E-state index in [0.29, 0.717) is 13.2 Å². The highest BCUT2D eigenvalue weighted by atomic mass is 16.5. The SMILES string of the molecule is c1ccc(COCc2cccc(-c3ccccc3)c2)cc1. The van der Waals surface area contributed by atoms with Crippen molar-refractivity contribution >= 4 is 0 Å². The molecule has 1 nitrogen and oxygen atoms in total. The van der Waals surface area contributed by atoms with E-state index in [-0.39, 0.29) is 0 Å². The van der Waals surface area contributed by atoms with Gasteiger partial charge < -0.3 is 4.74 Å². The van der Waals surface area contributed by atoms with E-state index in [9.17, 15) is 0 Å². The maximum atomic E-state index is 5.80. The number of hydrogen-bond donors (Lipinski definition) is 0. The Bertz CT molecular complexity index is 674. The molecule has 0 amide bonds. The molecule has 0 saturated heterocycles. The Morgan fingerprint density at radius 2 is 1.10 bits per heavy atom. The van der Waals surface area contributed by atoms with Crippen LogP contribution in [-0.2, 0) is 18.0 Å². The summed E-state index contributed by atoms with van der Waals surface area (Å²) < 4.78 is 5.80. The lowest BCUT2D eigenvalue weighted by Gasteiger charge is -2.07. The second-order valence-corrected chi connectivity index (χ2v) is 5.04. The topological polar surface area (TPSA) is 9.23 Å². The third-order valence-electron chi connectivity index (χ3n) is 3.41. The lowest BCUT2D eigenvalue weighted by Crippen LogP contribution is -1.94. The van der Waals surface area contributed by atoms with E-state index >= 15 is 0 Å². The zero-order valence-electron chi connectivity index (χ0n) is 11.9. The summed E-state index contributed by atoms with van der Waals surface area (Å²) in [5.41, 5.74) is 4.88. The lowest BCUT2D eigenvalue weighted by atomic mass is 10.0. The zero-order valence-corrected chi connectivity index (χ0v) is 11.9. The molecule has 0 aliphatic heterocycles. The van der Waals surface area contributed by atoms with Crippen LogP contribution in [0.2, 0.25) is 0 Å². The first-order valence-electron chi connectivity index (χ1n) is 7.18. The van der Waals surface area contributed by atoms with E-state index in [1.54, 1.807) is 0 Å². The minimum absolute atomic E-state index is 0.634. The first-order valence-corrected chi connectivity index (χ1v) is 7.18. The highest BCUT2D eigenvalue weighted by Crippen LogP contribution is 2.20. The molecular formula is C20H18O. The molecule has 3 aromatic rings. The monoisotopic (exact) mass is 274 g/mol. The highest BCUT2D eigenvalue weighted by Gasteiger charge is 1.99. The molecule has 0 aromatic heterocycles. The Hall–Kier alpha value is -2.38. The Morgan fingerprint density at radius 1 is 0.524 bits per heavy atom. The average molecular weight is 274 g/mol. The maximum absolute atomic E-state index is 5.80. The second kappa shape index (κ2) is 6.87. The molecule has 0 fully saturated rings. The van der Waals surface area contributed by atoms with Crippen molar-refractivity contribution in [1.29, 1.82) is 0 Å². The Morgan fingerprint density at radius 3 is 1.86 bits per heavy atom. The van der Waals surface area contributed by atoms with Crippen molar-refractivity contribution < 1.29 is 4.74 Å². The highest BCUT2D eigenvalue weighted by molar-refractivity contribution is 5.63. The van der Waals surface area contributed by atoms with E-state index in [2.05, 4.69) is 60.7 Å². The predicted octanol–water partition coefficient (Wildman–Crippen LogP) is 5.07. The normalized spacial score (nSPS) is 10.5. The van der Waals surface area contributed by atoms with E-state index < -0.39 is 0 Å². The van der Waals surface area contributed by atoms with Gasteiger partial charge in [0.15, 0.2) is 0 Å². The minimum atomic E-state index is 0.634. The molecule has 3 aromatic carbocycles. The van der Waals surface area contributed by atoms with Crippen LogP contribution < -0.4 is 0 Å². The van der Waals surface area contributed by atoms with Crippen molar-refractivity contribution in [3.05, 3.63) is 96.1 Å². The van der Waals surface area contributed by atoms with Crippen LogP contribution in [0, 0.1) is 0 Å². The molecular weight excluding hydrogens is 256 g/mol. The number of ether oxygens (including phenoxy) is 1. The molecule has 3 rings (SSSR count). The van der Waals surface area contributed by atoms with Crippen molar-refractivity contribution in [2.24, 2.45) is 0 Å². The molecule has 21 heavy (non-hydrogen) atoms. The molecule has 0 aliphatic carbocycles. The van der Waals surface area contributed by atoms with Crippen LogP contribution in [-0.4, -0.2) is 0 Å². The van der Waals surface area contributed by atoms with Gasteiger partial charge in [0.05, 0.1) is 13.2 Å². The van der Waals surface area contributed by atoms with E-state index in [0.717, 1.165) is 0 Å². The standard InChI is InChI=1S/C20H18O/c1-3-8-17(9-4-1)15-21-16-18-10-7-13-20(14-18)19-11-5-2-6-12-19/h1-14H,15-16H2. The van der Waals surface area contributed by atoms with Crippen molar-refractivity contribution in [3.63, 3.8) is 0 Å². The smallest absolute Gasteiger partial charge is 0.0721 e. The fourth-order valence-corrected chi connectivity index (χ4v) is 2.33. The average Bonchev–Trinajstić information content (AvgIpc) is 2.57. The van der Waals surface area contributed by atoms with Gasteiger partial charge in [-0.2, -0.15) is 0 Å². The van der Waals surface area contributed by atoms with Gasteiger partial charge in [-0.1, -0.05) is 78.9 Å². The van der Waals surface area contributed by atoms with Gasteiger partial charge in [0, 0.05) is 0 Å². The van der Waals surface area contributed by atoms with E-state index in [1.807, 2.05) is 24.3 Å². The summed E-state index contributed by atoms with van der Waals surface area (Å²) in [5.74, 6) is 0. The summed E-state index contributed by atoms with van der Waals surface area (Å²) in [4.78, 5) is 0. The molecule has 0 atom stereocenters. The van der Waals surface area contributed by atoms with Crippen LogP contribution in [0.4, 0.5) is 0 Å². The number of rotatable bonds is 5. The fourth-order valence-electron chi connectivity index (χ4n) is 2.33. The Balaban J connectivity index is 1.64. The first kappa shape index (κ1) is 13.6. The minimum Gasteiger partial charge on any atom is -0.372 e. The summed E-state index contributed by atoms with van der Waals surface area (Å²) in [7, 11) is 0. The molecule has 0 radical (unpaired) electrons. The molecule has 0 N–H and O–H groups in total. The maximum Gasteiger partial charge on any atom is 0.0721 e. The first-order chi connectivity index (χ1) is 10.4. The van der Waals surface area contributed by atoms with Crippen LogP contribution in [0.15, 0.2) is 84.9 Å². The van der Waals surface area contributed by atoms with Crippen LogP contribution in [0.1, 0.15) is 11.1 Å². The Labute approximate surface area is 125 Å². The van der Waals surface area contributed by atoms with Crippen molar-refractivity contribution in [1.82, 2.24) is 0 Å². The molecule has 0 heterocycles. The van der Waals surface area contributed by atoms with E-state index in [1.165, 1.54) is 22.3 Å². The van der Waals surface area contributed by atoms with Gasteiger partial charge in [0.25, 0.3) is 0 Å². The van der Waals surface area contributed by atoms with Crippen molar-refractivity contribution in [2.45, 2.75) is 13.2 Å². The number of hydrogen-bond acceptors (Lipinski definition) is 1. The molecule has 0 aliphatic rings. The predicted molar refractivity (Wildman–Crippen MR) is 86.8 cm³/mol. The third-order valence-corrected chi connectivity index (χ3v) is 3.41. The van der Waals surface area contributed by atoms with Gasteiger partial charge in [0.2, 0.25) is 0 Å². The van der Waals surface area contributed by atoms with Crippen LogP contribution >= 0.6 is 0 Å². The van der Waals surface area contributed by atoms with Gasteiger partial charge in [-0.05, 0) is 28.3 Å². The Kier molecular flexibility index (Phi) is 4.45. The third kappa shape index (κ3) is 3.80. The fraction of sp³-hybridized carbons (Fsp3) is 0.100. The molecule has 0 unspecified atom stereocenters. The van der Waals surface area contributed by atoms with Gasteiger partial charge in [-0.3, -0.25) is 0 Å². The molecule has 1 heteroatoms. The summed E-state index contributed by atoms with van der Waals surface area (Å²) >= 11 is 0. The number of benzene rings is 3. The van der Waals surface area contributed by atoms with Gasteiger partial charge in [0.1, 0.15) is 0 Å². The van der Waals surface area contributed by atoms with Gasteiger partial charge in [-0.25, -0.2) is 0 Å². The molecule has 104 valence electrons.